The SMILES string of the molecule is Cc1cc(OCc2ccccc2)ccc1Nc1cc2c(cn1)CC(=O)N2C1CCCC1. The first-order chi connectivity index (χ1) is 15.2. The lowest BCUT2D eigenvalue weighted by Gasteiger charge is -2.25. The molecule has 1 aliphatic carbocycles. The molecule has 2 aromatic carbocycles. The summed E-state index contributed by atoms with van der Waals surface area (Å²) in [6, 6.07) is 18.5. The van der Waals surface area contributed by atoms with Gasteiger partial charge in [0.1, 0.15) is 18.2 Å². The summed E-state index contributed by atoms with van der Waals surface area (Å²) in [4.78, 5) is 19.2. The molecule has 3 aromatic rings. The summed E-state index contributed by atoms with van der Waals surface area (Å²) in [5.74, 6) is 1.81. The highest BCUT2D eigenvalue weighted by molar-refractivity contribution is 6.02. The molecule has 5 nitrogen and oxygen atoms in total. The zero-order chi connectivity index (χ0) is 21.2. The largest absolute Gasteiger partial charge is 0.489 e. The van der Waals surface area contributed by atoms with Crippen LogP contribution in [-0.4, -0.2) is 16.9 Å². The summed E-state index contributed by atoms with van der Waals surface area (Å²) in [5.41, 5.74) is 5.26. The average molecular weight is 414 g/mol. The van der Waals surface area contributed by atoms with Crippen molar-refractivity contribution in [3.8, 4) is 5.75 Å². The number of anilines is 3. The molecule has 31 heavy (non-hydrogen) atoms. The number of carbonyl (C=O) groups is 1. The maximum atomic E-state index is 12.6. The van der Waals surface area contributed by atoms with Crippen molar-refractivity contribution in [2.45, 2.75) is 51.7 Å². The summed E-state index contributed by atoms with van der Waals surface area (Å²) in [6.45, 7) is 2.60. The molecule has 1 aromatic heterocycles. The number of fused-ring (bicyclic) bond motifs is 1. The molecule has 0 atom stereocenters. The number of hydrogen-bond donors (Lipinski definition) is 1. The van der Waals surface area contributed by atoms with Crippen LogP contribution >= 0.6 is 0 Å². The van der Waals surface area contributed by atoms with Crippen LogP contribution in [0.1, 0.15) is 42.4 Å². The summed E-state index contributed by atoms with van der Waals surface area (Å²) in [5, 5.41) is 3.42. The van der Waals surface area contributed by atoms with E-state index >= 15 is 0 Å². The molecule has 0 spiro atoms. The smallest absolute Gasteiger partial charge is 0.231 e. The Morgan fingerprint density at radius 3 is 2.68 bits per heavy atom. The van der Waals surface area contributed by atoms with Gasteiger partial charge in [-0.05, 0) is 49.1 Å². The third-order valence-electron chi connectivity index (χ3n) is 6.23. The highest BCUT2D eigenvalue weighted by Gasteiger charge is 2.34. The number of aromatic nitrogens is 1. The fourth-order valence-corrected chi connectivity index (χ4v) is 4.59. The molecule has 1 N–H and O–H groups in total. The van der Waals surface area contributed by atoms with Gasteiger partial charge >= 0.3 is 0 Å². The molecule has 1 amide bonds. The second-order valence-corrected chi connectivity index (χ2v) is 8.45. The van der Waals surface area contributed by atoms with Crippen molar-refractivity contribution in [2.24, 2.45) is 0 Å². The lowest BCUT2D eigenvalue weighted by molar-refractivity contribution is -0.117. The molecule has 1 fully saturated rings. The molecule has 5 heteroatoms. The van der Waals surface area contributed by atoms with E-state index in [-0.39, 0.29) is 5.91 Å². The van der Waals surface area contributed by atoms with Crippen molar-refractivity contribution in [3.63, 3.8) is 0 Å². The second kappa shape index (κ2) is 8.42. The summed E-state index contributed by atoms with van der Waals surface area (Å²) >= 11 is 0. The van der Waals surface area contributed by atoms with Gasteiger partial charge in [-0.25, -0.2) is 4.98 Å². The maximum absolute atomic E-state index is 12.6. The monoisotopic (exact) mass is 413 g/mol. The van der Waals surface area contributed by atoms with Crippen molar-refractivity contribution in [1.82, 2.24) is 4.98 Å². The van der Waals surface area contributed by atoms with Gasteiger partial charge in [-0.3, -0.25) is 4.79 Å². The van der Waals surface area contributed by atoms with E-state index in [9.17, 15) is 4.79 Å². The van der Waals surface area contributed by atoms with Crippen LogP contribution in [0.2, 0.25) is 0 Å². The lowest BCUT2D eigenvalue weighted by atomic mass is 10.1. The van der Waals surface area contributed by atoms with E-state index in [1.54, 1.807) is 0 Å². The molecule has 0 saturated heterocycles. The number of rotatable bonds is 6. The topological polar surface area (TPSA) is 54.5 Å². The second-order valence-electron chi connectivity index (χ2n) is 8.45. The van der Waals surface area contributed by atoms with Crippen molar-refractivity contribution in [2.75, 3.05) is 10.2 Å². The van der Waals surface area contributed by atoms with E-state index in [1.807, 2.05) is 53.6 Å². The van der Waals surface area contributed by atoms with E-state index in [0.717, 1.165) is 52.5 Å². The first-order valence-electron chi connectivity index (χ1n) is 11.0. The number of hydrogen-bond acceptors (Lipinski definition) is 4. The Morgan fingerprint density at radius 1 is 1.10 bits per heavy atom. The van der Waals surface area contributed by atoms with Crippen molar-refractivity contribution in [1.29, 1.82) is 0 Å². The number of pyridine rings is 1. The van der Waals surface area contributed by atoms with Crippen molar-refractivity contribution >= 4 is 23.1 Å². The molecular formula is C26H27N3O2. The lowest BCUT2D eigenvalue weighted by Crippen LogP contribution is -2.35. The molecule has 0 radical (unpaired) electrons. The standard InChI is InChI=1S/C26H27N3O2/c1-18-13-22(31-17-19-7-3-2-4-8-19)11-12-23(18)28-25-15-24-20(16-27-25)14-26(30)29(24)21-9-5-6-10-21/h2-4,7-8,11-13,15-16,21H,5-6,9-10,14,17H2,1H3,(H,27,28). The highest BCUT2D eigenvalue weighted by atomic mass is 16.5. The van der Waals surface area contributed by atoms with Crippen LogP contribution < -0.4 is 15.0 Å². The number of benzene rings is 2. The highest BCUT2D eigenvalue weighted by Crippen LogP contribution is 2.37. The number of carbonyl (C=O) groups excluding carboxylic acids is 1. The van der Waals surface area contributed by atoms with Gasteiger partial charge in [0.25, 0.3) is 0 Å². The van der Waals surface area contributed by atoms with Gasteiger partial charge in [-0.1, -0.05) is 43.2 Å². The minimum absolute atomic E-state index is 0.206. The Balaban J connectivity index is 1.31. The summed E-state index contributed by atoms with van der Waals surface area (Å²) in [6.07, 6.45) is 6.91. The van der Waals surface area contributed by atoms with Crippen LogP contribution in [0, 0.1) is 6.92 Å². The number of nitrogens with one attached hydrogen (secondary N) is 1. The van der Waals surface area contributed by atoms with E-state index in [0.29, 0.717) is 19.1 Å². The van der Waals surface area contributed by atoms with Gasteiger partial charge < -0.3 is 15.0 Å². The number of nitrogens with zero attached hydrogens (tertiary/aromatic N) is 2. The van der Waals surface area contributed by atoms with Crippen LogP contribution in [0.4, 0.5) is 17.2 Å². The van der Waals surface area contributed by atoms with Gasteiger partial charge in [0.2, 0.25) is 5.91 Å². The number of ether oxygens (including phenoxy) is 1. The predicted molar refractivity (Wildman–Crippen MR) is 123 cm³/mol. The Hall–Kier alpha value is -3.34. The summed E-state index contributed by atoms with van der Waals surface area (Å²) < 4.78 is 5.93. The Morgan fingerprint density at radius 2 is 1.90 bits per heavy atom. The molecule has 2 aliphatic rings. The zero-order valence-corrected chi connectivity index (χ0v) is 17.8. The van der Waals surface area contributed by atoms with Crippen molar-refractivity contribution in [3.05, 3.63) is 77.5 Å². The van der Waals surface area contributed by atoms with Gasteiger partial charge in [0.15, 0.2) is 0 Å². The fourth-order valence-electron chi connectivity index (χ4n) is 4.59. The Kier molecular flexibility index (Phi) is 5.33. The van der Waals surface area contributed by atoms with Crippen LogP contribution in [0.3, 0.4) is 0 Å². The van der Waals surface area contributed by atoms with Crippen molar-refractivity contribution < 1.29 is 9.53 Å². The van der Waals surface area contributed by atoms with E-state index < -0.39 is 0 Å². The van der Waals surface area contributed by atoms with Crippen LogP contribution in [0.15, 0.2) is 60.8 Å². The minimum Gasteiger partial charge on any atom is -0.489 e. The quantitative estimate of drug-likeness (QED) is 0.576. The molecule has 1 aliphatic heterocycles. The third-order valence-corrected chi connectivity index (χ3v) is 6.23. The first kappa shape index (κ1) is 19.6. The van der Waals surface area contributed by atoms with Crippen LogP contribution in [-0.2, 0) is 17.8 Å². The summed E-state index contributed by atoms with van der Waals surface area (Å²) in [7, 11) is 0. The Labute approximate surface area is 183 Å². The van der Waals surface area contributed by atoms with Gasteiger partial charge in [0.05, 0.1) is 12.1 Å². The number of amides is 1. The number of aryl methyl sites for hydroxylation is 1. The predicted octanol–water partition coefficient (Wildman–Crippen LogP) is 5.54. The Bertz CT molecular complexity index is 1090. The molecule has 1 saturated carbocycles. The molecular weight excluding hydrogens is 386 g/mol. The average Bonchev–Trinajstić information content (AvgIpc) is 3.41. The molecule has 2 heterocycles. The molecule has 0 bridgehead atoms. The normalized spacial score (nSPS) is 15.9. The van der Waals surface area contributed by atoms with Gasteiger partial charge in [0, 0.05) is 29.6 Å². The molecule has 5 rings (SSSR count). The fraction of sp³-hybridized carbons (Fsp3) is 0.308. The zero-order valence-electron chi connectivity index (χ0n) is 17.8. The van der Waals surface area contributed by atoms with Gasteiger partial charge in [-0.2, -0.15) is 0 Å². The molecule has 158 valence electrons. The maximum Gasteiger partial charge on any atom is 0.231 e. The molecule has 0 unspecified atom stereocenters. The minimum atomic E-state index is 0.206. The van der Waals surface area contributed by atoms with E-state index in [1.165, 1.54) is 12.8 Å². The van der Waals surface area contributed by atoms with E-state index in [4.69, 9.17) is 4.74 Å². The van der Waals surface area contributed by atoms with Gasteiger partial charge in [-0.15, -0.1) is 0 Å². The van der Waals surface area contributed by atoms with Crippen LogP contribution in [0.5, 0.6) is 5.75 Å². The third kappa shape index (κ3) is 4.13. The van der Waals surface area contributed by atoms with E-state index in [2.05, 4.69) is 29.4 Å². The first-order valence-corrected chi connectivity index (χ1v) is 11.0. The van der Waals surface area contributed by atoms with Crippen LogP contribution in [0.25, 0.3) is 0 Å².